The molecule has 0 radical (unpaired) electrons. The van der Waals surface area contributed by atoms with Crippen LogP contribution in [0.25, 0.3) is 0 Å². The smallest absolute Gasteiger partial charge is 0.250 e. The van der Waals surface area contributed by atoms with Gasteiger partial charge in [0.1, 0.15) is 11.6 Å². The Morgan fingerprint density at radius 2 is 2.10 bits per heavy atom. The maximum atomic E-state index is 13.8. The Hall–Kier alpha value is -1.63. The number of hydrogen-bond acceptors (Lipinski definition) is 3. The van der Waals surface area contributed by atoms with Crippen molar-refractivity contribution in [3.8, 4) is 0 Å². The number of hydrogen-bond donors (Lipinski definition) is 1. The second kappa shape index (κ2) is 4.69. The molecule has 114 valence electrons. The Bertz CT molecular complexity index is 563. The van der Waals surface area contributed by atoms with Crippen LogP contribution in [0.15, 0.2) is 18.3 Å². The van der Waals surface area contributed by atoms with Crippen molar-refractivity contribution in [1.82, 2.24) is 4.98 Å². The van der Waals surface area contributed by atoms with Crippen molar-refractivity contribution >= 4 is 11.7 Å². The number of alkyl halides is 2. The fourth-order valence-electron chi connectivity index (χ4n) is 3.52. The molecule has 2 aliphatic rings. The molecule has 0 unspecified atom stereocenters. The summed E-state index contributed by atoms with van der Waals surface area (Å²) < 4.78 is 40.5. The molecule has 1 saturated heterocycles. The van der Waals surface area contributed by atoms with Crippen LogP contribution in [0.4, 0.5) is 19.0 Å². The standard InChI is InChI=1S/C14H16F3N3O/c15-9-1-2-11(19-7-9)20-4-3-13(12(20)21)5-10(18)6-14(16,17)8-13/h1-2,7,10H,3-6,8,18H2/t10-,13+/m1/s1. The van der Waals surface area contributed by atoms with E-state index in [1.54, 1.807) is 0 Å². The lowest BCUT2D eigenvalue weighted by atomic mass is 9.69. The summed E-state index contributed by atoms with van der Waals surface area (Å²) in [5, 5.41) is 0. The van der Waals surface area contributed by atoms with Crippen molar-refractivity contribution in [2.45, 2.75) is 37.6 Å². The minimum absolute atomic E-state index is 0.263. The fourth-order valence-corrected chi connectivity index (χ4v) is 3.52. The van der Waals surface area contributed by atoms with E-state index in [1.807, 2.05) is 0 Å². The molecule has 1 aliphatic heterocycles. The van der Waals surface area contributed by atoms with Crippen molar-refractivity contribution in [2.75, 3.05) is 11.4 Å². The van der Waals surface area contributed by atoms with Crippen molar-refractivity contribution in [3.05, 3.63) is 24.1 Å². The van der Waals surface area contributed by atoms with E-state index in [0.29, 0.717) is 18.8 Å². The molecule has 21 heavy (non-hydrogen) atoms. The van der Waals surface area contributed by atoms with Crippen LogP contribution in [0, 0.1) is 11.2 Å². The predicted molar refractivity (Wildman–Crippen MR) is 70.4 cm³/mol. The Balaban J connectivity index is 1.87. The normalized spacial score (nSPS) is 31.9. The Kier molecular flexibility index (Phi) is 3.20. The molecule has 1 aromatic heterocycles. The van der Waals surface area contributed by atoms with Gasteiger partial charge in [-0.2, -0.15) is 0 Å². The molecular weight excluding hydrogens is 283 g/mol. The van der Waals surface area contributed by atoms with Gasteiger partial charge in [0, 0.05) is 25.4 Å². The first-order chi connectivity index (χ1) is 9.81. The van der Waals surface area contributed by atoms with E-state index in [0.717, 1.165) is 6.20 Å². The van der Waals surface area contributed by atoms with Gasteiger partial charge in [-0.25, -0.2) is 18.2 Å². The minimum Gasteiger partial charge on any atom is -0.327 e. The van der Waals surface area contributed by atoms with E-state index in [-0.39, 0.29) is 18.7 Å². The summed E-state index contributed by atoms with van der Waals surface area (Å²) in [5.74, 6) is -3.51. The number of amides is 1. The molecule has 2 N–H and O–H groups in total. The van der Waals surface area contributed by atoms with Crippen LogP contribution in [0.2, 0.25) is 0 Å². The zero-order chi connectivity index (χ0) is 15.3. The highest BCUT2D eigenvalue weighted by Gasteiger charge is 2.56. The van der Waals surface area contributed by atoms with Crippen molar-refractivity contribution in [1.29, 1.82) is 0 Å². The molecule has 2 atom stereocenters. The van der Waals surface area contributed by atoms with Gasteiger partial charge in [0.15, 0.2) is 0 Å². The van der Waals surface area contributed by atoms with Crippen molar-refractivity contribution in [2.24, 2.45) is 11.1 Å². The highest BCUT2D eigenvalue weighted by Crippen LogP contribution is 2.50. The predicted octanol–water partition coefficient (Wildman–Crippen LogP) is 2.09. The number of nitrogens with two attached hydrogens (primary N) is 1. The fraction of sp³-hybridized carbons (Fsp3) is 0.571. The largest absolute Gasteiger partial charge is 0.327 e. The third kappa shape index (κ3) is 2.50. The van der Waals surface area contributed by atoms with Crippen LogP contribution < -0.4 is 10.6 Å². The third-order valence-corrected chi connectivity index (χ3v) is 4.31. The molecule has 1 aliphatic carbocycles. The molecule has 1 saturated carbocycles. The maximum absolute atomic E-state index is 13.8. The zero-order valence-corrected chi connectivity index (χ0v) is 11.4. The van der Waals surface area contributed by atoms with E-state index in [2.05, 4.69) is 4.98 Å². The van der Waals surface area contributed by atoms with Gasteiger partial charge < -0.3 is 5.73 Å². The Morgan fingerprint density at radius 1 is 1.33 bits per heavy atom. The number of pyridine rings is 1. The van der Waals surface area contributed by atoms with Gasteiger partial charge in [-0.1, -0.05) is 0 Å². The van der Waals surface area contributed by atoms with Gasteiger partial charge in [-0.3, -0.25) is 9.69 Å². The van der Waals surface area contributed by atoms with E-state index < -0.39 is 29.6 Å². The van der Waals surface area contributed by atoms with E-state index >= 15 is 0 Å². The van der Waals surface area contributed by atoms with Crippen molar-refractivity contribution in [3.63, 3.8) is 0 Å². The summed E-state index contributed by atoms with van der Waals surface area (Å²) in [6.07, 6.45) is 0.753. The SMILES string of the molecule is N[C@H]1CC(F)(F)C[C@]2(CCN(c3ccc(F)cn3)C2=O)C1. The lowest BCUT2D eigenvalue weighted by Crippen LogP contribution is -2.49. The maximum Gasteiger partial charge on any atom is 0.250 e. The van der Waals surface area contributed by atoms with Crippen LogP contribution in [0.3, 0.4) is 0 Å². The quantitative estimate of drug-likeness (QED) is 0.864. The van der Waals surface area contributed by atoms with E-state index in [1.165, 1.54) is 17.0 Å². The highest BCUT2D eigenvalue weighted by molar-refractivity contribution is 5.99. The molecule has 4 nitrogen and oxygen atoms in total. The molecule has 1 spiro atoms. The van der Waals surface area contributed by atoms with Gasteiger partial charge in [0.05, 0.1) is 11.6 Å². The van der Waals surface area contributed by atoms with Crippen LogP contribution in [-0.4, -0.2) is 29.4 Å². The van der Waals surface area contributed by atoms with Crippen LogP contribution in [0.5, 0.6) is 0 Å². The van der Waals surface area contributed by atoms with Crippen LogP contribution >= 0.6 is 0 Å². The first-order valence-electron chi connectivity index (χ1n) is 6.88. The molecule has 0 aromatic carbocycles. The average molecular weight is 299 g/mol. The molecular formula is C14H16F3N3O. The number of anilines is 1. The van der Waals surface area contributed by atoms with Gasteiger partial charge in [-0.15, -0.1) is 0 Å². The monoisotopic (exact) mass is 299 g/mol. The highest BCUT2D eigenvalue weighted by atomic mass is 19.3. The van der Waals surface area contributed by atoms with Gasteiger partial charge in [-0.05, 0) is 25.0 Å². The Morgan fingerprint density at radius 3 is 2.71 bits per heavy atom. The zero-order valence-electron chi connectivity index (χ0n) is 11.4. The lowest BCUT2D eigenvalue weighted by Gasteiger charge is -2.39. The van der Waals surface area contributed by atoms with Crippen LogP contribution in [0.1, 0.15) is 25.7 Å². The second-order valence-corrected chi connectivity index (χ2v) is 6.02. The molecule has 2 fully saturated rings. The van der Waals surface area contributed by atoms with Gasteiger partial charge in [0.2, 0.25) is 5.91 Å². The molecule has 0 bridgehead atoms. The third-order valence-electron chi connectivity index (χ3n) is 4.31. The number of halogens is 3. The molecule has 3 rings (SSSR count). The summed E-state index contributed by atoms with van der Waals surface area (Å²) in [6.45, 7) is 0.306. The van der Waals surface area contributed by atoms with E-state index in [4.69, 9.17) is 5.73 Å². The first kappa shape index (κ1) is 14.3. The summed E-state index contributed by atoms with van der Waals surface area (Å²) in [7, 11) is 0. The van der Waals surface area contributed by atoms with Gasteiger partial charge in [0.25, 0.3) is 5.92 Å². The number of carbonyl (C=O) groups excluding carboxylic acids is 1. The number of nitrogens with zero attached hydrogens (tertiary/aromatic N) is 2. The second-order valence-electron chi connectivity index (χ2n) is 6.02. The minimum atomic E-state index is -2.92. The average Bonchev–Trinajstić information content (AvgIpc) is 2.65. The number of carbonyl (C=O) groups is 1. The topological polar surface area (TPSA) is 59.2 Å². The summed E-state index contributed by atoms with van der Waals surface area (Å²) in [6, 6.07) is 1.90. The first-order valence-corrected chi connectivity index (χ1v) is 6.88. The summed E-state index contributed by atoms with van der Waals surface area (Å²) in [5.41, 5.74) is 4.60. The molecule has 1 aromatic rings. The molecule has 2 heterocycles. The lowest BCUT2D eigenvalue weighted by molar-refractivity contribution is -0.139. The summed E-state index contributed by atoms with van der Waals surface area (Å²) in [4.78, 5) is 17.8. The number of rotatable bonds is 1. The van der Waals surface area contributed by atoms with Gasteiger partial charge >= 0.3 is 0 Å². The van der Waals surface area contributed by atoms with Crippen molar-refractivity contribution < 1.29 is 18.0 Å². The number of aromatic nitrogens is 1. The summed E-state index contributed by atoms with van der Waals surface area (Å²) >= 11 is 0. The Labute approximate surface area is 120 Å². The van der Waals surface area contributed by atoms with Crippen LogP contribution in [-0.2, 0) is 4.79 Å². The molecule has 1 amide bonds. The van der Waals surface area contributed by atoms with E-state index in [9.17, 15) is 18.0 Å². The molecule has 7 heteroatoms.